The Morgan fingerprint density at radius 2 is 1.51 bits per heavy atom. The first kappa shape index (κ1) is 32.8. The predicted molar refractivity (Wildman–Crippen MR) is 165 cm³/mol. The minimum Gasteiger partial charge on any atom is -0.496 e. The summed E-state index contributed by atoms with van der Waals surface area (Å²) in [6.45, 7) is 7.67. The van der Waals surface area contributed by atoms with Crippen LogP contribution in [0.4, 0.5) is 0 Å². The summed E-state index contributed by atoms with van der Waals surface area (Å²) in [7, 11) is 1.65. The second-order valence-electron chi connectivity index (χ2n) is 11.0. The molecule has 0 aliphatic carbocycles. The summed E-state index contributed by atoms with van der Waals surface area (Å²) >= 11 is 0. The van der Waals surface area contributed by atoms with Gasteiger partial charge < -0.3 is 19.7 Å². The van der Waals surface area contributed by atoms with E-state index < -0.39 is 0 Å². The third-order valence-electron chi connectivity index (χ3n) is 7.43. The number of allylic oxidation sites excluding steroid dienone is 2. The lowest BCUT2D eigenvalue weighted by molar-refractivity contribution is -0.120. The number of ether oxygens (including phenoxy) is 2. The number of methoxy groups -OCH3 is 1. The third-order valence-corrected chi connectivity index (χ3v) is 7.43. The van der Waals surface area contributed by atoms with Gasteiger partial charge in [0, 0.05) is 31.3 Å². The van der Waals surface area contributed by atoms with E-state index in [1.807, 2.05) is 18.2 Å². The molecule has 1 aliphatic rings. The highest BCUT2D eigenvalue weighted by Gasteiger charge is 2.12. The van der Waals surface area contributed by atoms with Crippen molar-refractivity contribution in [3.05, 3.63) is 47.7 Å². The summed E-state index contributed by atoms with van der Waals surface area (Å²) in [6, 6.07) is 5.81. The molecule has 0 saturated heterocycles. The van der Waals surface area contributed by atoms with Crippen molar-refractivity contribution in [2.75, 3.05) is 33.4 Å². The molecule has 39 heavy (non-hydrogen) atoms. The lowest BCUT2D eigenvalue weighted by Gasteiger charge is -2.24. The van der Waals surface area contributed by atoms with Gasteiger partial charge in [-0.25, -0.2) is 0 Å². The van der Waals surface area contributed by atoms with Gasteiger partial charge in [0.05, 0.1) is 20.1 Å². The van der Waals surface area contributed by atoms with Crippen molar-refractivity contribution >= 4 is 5.91 Å². The molecule has 0 radical (unpaired) electrons. The van der Waals surface area contributed by atoms with Crippen molar-refractivity contribution in [2.45, 2.75) is 117 Å². The van der Waals surface area contributed by atoms with Crippen molar-refractivity contribution in [3.8, 4) is 11.5 Å². The molecule has 1 N–H and O–H groups in total. The quantitative estimate of drug-likeness (QED) is 0.142. The molecule has 5 nitrogen and oxygen atoms in total. The molecule has 1 aliphatic heterocycles. The molecule has 0 bridgehead atoms. The van der Waals surface area contributed by atoms with Gasteiger partial charge in [0.25, 0.3) is 0 Å². The van der Waals surface area contributed by atoms with Crippen molar-refractivity contribution in [1.29, 1.82) is 0 Å². The number of unbranched alkanes of at least 4 members (excludes halogenated alkanes) is 13. The summed E-state index contributed by atoms with van der Waals surface area (Å²) in [4.78, 5) is 14.9. The molecule has 2 rings (SSSR count). The molecule has 5 heteroatoms. The van der Waals surface area contributed by atoms with E-state index in [0.29, 0.717) is 18.7 Å². The topological polar surface area (TPSA) is 50.8 Å². The number of nitrogens with one attached hydrogen (secondary N) is 1. The minimum atomic E-state index is 0.00173. The first-order valence-electron chi connectivity index (χ1n) is 15.8. The largest absolute Gasteiger partial charge is 0.496 e. The van der Waals surface area contributed by atoms with Crippen LogP contribution in [0.3, 0.4) is 0 Å². The summed E-state index contributed by atoms with van der Waals surface area (Å²) in [6.07, 6.45) is 26.6. The lowest BCUT2D eigenvalue weighted by Crippen LogP contribution is -2.32. The Bertz CT molecular complexity index is 849. The average molecular weight is 541 g/mol. The molecular weight excluding hydrogens is 484 g/mol. The number of rotatable bonds is 23. The molecule has 0 saturated carbocycles. The Balaban J connectivity index is 1.54. The summed E-state index contributed by atoms with van der Waals surface area (Å²) in [5.74, 6) is 1.51. The van der Waals surface area contributed by atoms with E-state index in [-0.39, 0.29) is 5.91 Å². The zero-order chi connectivity index (χ0) is 28.0. The van der Waals surface area contributed by atoms with Gasteiger partial charge in [0.2, 0.25) is 5.91 Å². The van der Waals surface area contributed by atoms with Crippen LogP contribution in [0, 0.1) is 0 Å². The minimum absolute atomic E-state index is 0.00173. The van der Waals surface area contributed by atoms with Crippen LogP contribution in [0.1, 0.15) is 116 Å². The van der Waals surface area contributed by atoms with Crippen LogP contribution in [0.25, 0.3) is 0 Å². The van der Waals surface area contributed by atoms with Crippen LogP contribution in [-0.2, 0) is 11.2 Å². The summed E-state index contributed by atoms with van der Waals surface area (Å²) < 4.78 is 11.5. The van der Waals surface area contributed by atoms with Crippen molar-refractivity contribution in [2.24, 2.45) is 0 Å². The molecule has 1 amide bonds. The molecule has 1 aromatic carbocycles. The zero-order valence-corrected chi connectivity index (χ0v) is 25.3. The SMILES string of the molecule is CCCCCCCCCCCCCCCCOc1ccc(CC(=O)NCC2=CC=CN(CCC)C2)c(OC)c1. The van der Waals surface area contributed by atoms with Crippen LogP contribution in [-0.4, -0.2) is 44.2 Å². The molecule has 0 unspecified atom stereocenters. The zero-order valence-electron chi connectivity index (χ0n) is 25.3. The van der Waals surface area contributed by atoms with Gasteiger partial charge in [-0.15, -0.1) is 0 Å². The van der Waals surface area contributed by atoms with Gasteiger partial charge in [-0.1, -0.05) is 109 Å². The Morgan fingerprint density at radius 1 is 0.872 bits per heavy atom. The maximum absolute atomic E-state index is 12.6. The summed E-state index contributed by atoms with van der Waals surface area (Å²) in [5.41, 5.74) is 2.10. The van der Waals surface area contributed by atoms with E-state index in [1.54, 1.807) is 7.11 Å². The first-order valence-corrected chi connectivity index (χ1v) is 15.8. The Morgan fingerprint density at radius 3 is 2.13 bits per heavy atom. The maximum Gasteiger partial charge on any atom is 0.224 e. The highest BCUT2D eigenvalue weighted by atomic mass is 16.5. The Kier molecular flexibility index (Phi) is 18.0. The van der Waals surface area contributed by atoms with E-state index in [2.05, 4.69) is 42.4 Å². The van der Waals surface area contributed by atoms with Gasteiger partial charge in [0.15, 0.2) is 0 Å². The van der Waals surface area contributed by atoms with Crippen molar-refractivity contribution < 1.29 is 14.3 Å². The molecular formula is C34H56N2O3. The number of hydrogen-bond donors (Lipinski definition) is 1. The van der Waals surface area contributed by atoms with Crippen LogP contribution in [0.15, 0.2) is 42.1 Å². The standard InChI is InChI=1S/C34H56N2O3/c1-4-6-7-8-9-10-11-12-13-14-15-16-17-18-25-39-32-22-21-31(33(27-32)38-3)26-34(37)35-28-30-20-19-24-36(29-30)23-5-2/h19-22,24,27H,4-18,23,25-26,28-29H2,1-3H3,(H,35,37). The molecule has 220 valence electrons. The third kappa shape index (κ3) is 15.1. The monoisotopic (exact) mass is 540 g/mol. The number of carbonyl (C=O) groups excluding carboxylic acids is 1. The van der Waals surface area contributed by atoms with E-state index in [1.165, 1.54) is 89.0 Å². The molecule has 0 aromatic heterocycles. The first-order chi connectivity index (χ1) is 19.2. The molecule has 0 atom stereocenters. The fourth-order valence-corrected chi connectivity index (χ4v) is 5.12. The van der Waals surface area contributed by atoms with Gasteiger partial charge in [0.1, 0.15) is 11.5 Å². The van der Waals surface area contributed by atoms with Crippen molar-refractivity contribution in [3.63, 3.8) is 0 Å². The van der Waals surface area contributed by atoms with Crippen LogP contribution in [0.5, 0.6) is 11.5 Å². The highest BCUT2D eigenvalue weighted by molar-refractivity contribution is 5.79. The average Bonchev–Trinajstić information content (AvgIpc) is 2.95. The number of carbonyl (C=O) groups is 1. The second-order valence-corrected chi connectivity index (χ2v) is 11.0. The predicted octanol–water partition coefficient (Wildman–Crippen LogP) is 8.38. The van der Waals surface area contributed by atoms with Gasteiger partial charge in [-0.2, -0.15) is 0 Å². The van der Waals surface area contributed by atoms with E-state index >= 15 is 0 Å². The van der Waals surface area contributed by atoms with Crippen LogP contribution < -0.4 is 14.8 Å². The Hall–Kier alpha value is -2.43. The molecule has 1 heterocycles. The number of benzene rings is 1. The number of hydrogen-bond acceptors (Lipinski definition) is 4. The van der Waals surface area contributed by atoms with E-state index in [4.69, 9.17) is 9.47 Å². The molecule has 0 fully saturated rings. The van der Waals surface area contributed by atoms with Crippen molar-refractivity contribution in [1.82, 2.24) is 10.2 Å². The second kappa shape index (κ2) is 21.4. The molecule has 0 spiro atoms. The Labute approximate surface area is 239 Å². The number of amides is 1. The molecule has 1 aromatic rings. The number of nitrogens with zero attached hydrogens (tertiary/aromatic N) is 1. The van der Waals surface area contributed by atoms with E-state index in [9.17, 15) is 4.79 Å². The van der Waals surface area contributed by atoms with Gasteiger partial charge >= 0.3 is 0 Å². The smallest absolute Gasteiger partial charge is 0.224 e. The van der Waals surface area contributed by atoms with E-state index in [0.717, 1.165) is 43.9 Å². The fraction of sp³-hybridized carbons (Fsp3) is 0.676. The van der Waals surface area contributed by atoms with Gasteiger partial charge in [-0.05, 0) is 36.8 Å². The fourth-order valence-electron chi connectivity index (χ4n) is 5.12. The van der Waals surface area contributed by atoms with Crippen LogP contribution >= 0.6 is 0 Å². The van der Waals surface area contributed by atoms with Gasteiger partial charge in [-0.3, -0.25) is 4.79 Å². The van der Waals surface area contributed by atoms with Crippen LogP contribution in [0.2, 0.25) is 0 Å². The maximum atomic E-state index is 12.6. The highest BCUT2D eigenvalue weighted by Crippen LogP contribution is 2.25. The summed E-state index contributed by atoms with van der Waals surface area (Å²) in [5, 5.41) is 3.06. The lowest BCUT2D eigenvalue weighted by atomic mass is 10.0. The normalized spacial score (nSPS) is 12.9.